The minimum atomic E-state index is -4.43. The van der Waals surface area contributed by atoms with Crippen LogP contribution in [-0.2, 0) is 18.3 Å². The molecule has 1 N–H and O–H groups in total. The number of halogens is 4. The van der Waals surface area contributed by atoms with Crippen molar-refractivity contribution in [3.8, 4) is 5.75 Å². The lowest BCUT2D eigenvalue weighted by Gasteiger charge is -2.51. The Kier molecular flexibility index (Phi) is 5.75. The lowest BCUT2D eigenvalue weighted by molar-refractivity contribution is -0.144. The van der Waals surface area contributed by atoms with Crippen molar-refractivity contribution in [1.82, 2.24) is 14.8 Å². The second-order valence-corrected chi connectivity index (χ2v) is 9.88. The summed E-state index contributed by atoms with van der Waals surface area (Å²) in [5, 5.41) is 3.56. The summed E-state index contributed by atoms with van der Waals surface area (Å²) >= 11 is 0. The summed E-state index contributed by atoms with van der Waals surface area (Å²) in [7, 11) is 0. The Balaban J connectivity index is 0.00000324. The third kappa shape index (κ3) is 4.47. The first-order valence-corrected chi connectivity index (χ1v) is 11.1. The van der Waals surface area contributed by atoms with Crippen molar-refractivity contribution in [2.24, 2.45) is 0 Å². The minimum absolute atomic E-state index is 0. The van der Waals surface area contributed by atoms with Crippen molar-refractivity contribution in [3.63, 3.8) is 0 Å². The van der Waals surface area contributed by atoms with Crippen molar-refractivity contribution >= 4 is 5.91 Å². The molecule has 3 heterocycles. The molecule has 2 aliphatic heterocycles. The van der Waals surface area contributed by atoms with Gasteiger partial charge in [-0.3, -0.25) is 10.1 Å². The average molecular weight is 470 g/mol. The molecule has 9 heteroatoms. The number of nitrogens with one attached hydrogen (secondary N) is 1. The van der Waals surface area contributed by atoms with Crippen LogP contribution in [0.2, 0.25) is 0 Å². The fraction of sp³-hybridized carbons (Fsp3) is 0.542. The van der Waals surface area contributed by atoms with E-state index in [1.807, 2.05) is 13.8 Å². The van der Waals surface area contributed by atoms with Gasteiger partial charge in [0.2, 0.25) is 0 Å². The number of hydrogen-bond donors (Lipinski definition) is 1. The minimum Gasteiger partial charge on any atom is -0.488 e. The number of alkyl halides is 3. The van der Waals surface area contributed by atoms with E-state index < -0.39 is 28.8 Å². The van der Waals surface area contributed by atoms with E-state index in [9.17, 15) is 22.4 Å². The van der Waals surface area contributed by atoms with Crippen molar-refractivity contribution < 1.29 is 28.5 Å². The second-order valence-electron chi connectivity index (χ2n) is 9.88. The monoisotopic (exact) mass is 469 g/mol. The molecular weight excluding hydrogens is 438 g/mol. The van der Waals surface area contributed by atoms with Crippen molar-refractivity contribution in [1.29, 1.82) is 0 Å². The van der Waals surface area contributed by atoms with Gasteiger partial charge in [0.15, 0.2) is 11.6 Å². The molecule has 0 radical (unpaired) electrons. The van der Waals surface area contributed by atoms with Gasteiger partial charge >= 0.3 is 6.18 Å². The summed E-state index contributed by atoms with van der Waals surface area (Å²) < 4.78 is 61.8. The number of hydrogen-bond acceptors (Lipinski definition) is 3. The van der Waals surface area contributed by atoms with Crippen molar-refractivity contribution in [3.05, 3.63) is 53.1 Å². The van der Waals surface area contributed by atoms with Gasteiger partial charge in [-0.15, -0.1) is 0 Å². The fourth-order valence-electron chi connectivity index (χ4n) is 5.09. The molecule has 2 aromatic rings. The molecule has 4 rings (SSSR count). The Morgan fingerprint density at radius 3 is 2.39 bits per heavy atom. The SMILES string of the molecule is CC(C)Oc1ccc(C(=O)N2CCC3(CC2)NC(C)(C)Cn2c(C(F)(F)F)ccc23)cc1F.[HH]. The van der Waals surface area contributed by atoms with Gasteiger partial charge in [-0.2, -0.15) is 13.2 Å². The number of aromatic nitrogens is 1. The Hall–Kier alpha value is -2.55. The molecule has 1 amide bonds. The summed E-state index contributed by atoms with van der Waals surface area (Å²) in [6.45, 7) is 8.25. The summed E-state index contributed by atoms with van der Waals surface area (Å²) in [6.07, 6.45) is -3.71. The van der Waals surface area contributed by atoms with Gasteiger partial charge in [0, 0.05) is 37.9 Å². The number of carbonyl (C=O) groups excluding carboxylic acids is 1. The summed E-state index contributed by atoms with van der Waals surface area (Å²) in [4.78, 5) is 14.6. The van der Waals surface area contributed by atoms with Crippen molar-refractivity contribution in [2.75, 3.05) is 13.1 Å². The number of fused-ring (bicyclic) bond motifs is 2. The summed E-state index contributed by atoms with van der Waals surface area (Å²) in [6, 6.07) is 6.85. The van der Waals surface area contributed by atoms with Crippen LogP contribution in [0.25, 0.3) is 0 Å². The molecule has 1 aromatic carbocycles. The van der Waals surface area contributed by atoms with E-state index in [2.05, 4.69) is 5.32 Å². The van der Waals surface area contributed by atoms with E-state index >= 15 is 0 Å². The Labute approximate surface area is 192 Å². The Morgan fingerprint density at radius 1 is 1.15 bits per heavy atom. The molecule has 182 valence electrons. The van der Waals surface area contributed by atoms with Crippen LogP contribution in [0.4, 0.5) is 17.6 Å². The van der Waals surface area contributed by atoms with Gasteiger partial charge in [0.25, 0.3) is 5.91 Å². The number of piperidine rings is 1. The third-order valence-corrected chi connectivity index (χ3v) is 6.34. The molecule has 0 aliphatic carbocycles. The summed E-state index contributed by atoms with van der Waals surface area (Å²) in [5.74, 6) is -0.813. The number of nitrogens with zero attached hydrogens (tertiary/aromatic N) is 2. The second kappa shape index (κ2) is 8.04. The van der Waals surface area contributed by atoms with Crippen LogP contribution >= 0.6 is 0 Å². The zero-order chi connectivity index (χ0) is 24.2. The quantitative estimate of drug-likeness (QED) is 0.630. The summed E-state index contributed by atoms with van der Waals surface area (Å²) in [5.41, 5.74) is -1.04. The zero-order valence-corrected chi connectivity index (χ0v) is 19.2. The standard InChI is InChI=1S/C24H29F4N3O2.H2/c1-15(2)33-18-6-5-16(13-17(18)25)21(32)30-11-9-23(10-12-30)19-7-8-20(24(26,27)28)31(19)14-22(3,4)29-23;/h5-8,13,15,29H,9-12,14H2,1-4H3;1H. The molecule has 0 atom stereocenters. The largest absolute Gasteiger partial charge is 0.488 e. The molecule has 5 nitrogen and oxygen atoms in total. The van der Waals surface area contributed by atoms with E-state index in [-0.39, 0.29) is 31.3 Å². The predicted molar refractivity (Wildman–Crippen MR) is 118 cm³/mol. The molecule has 1 aromatic heterocycles. The van der Waals surface area contributed by atoms with Crippen LogP contribution in [0, 0.1) is 5.82 Å². The number of carbonyl (C=O) groups is 1. The first kappa shape index (κ1) is 23.6. The molecule has 0 saturated carbocycles. The fourth-order valence-corrected chi connectivity index (χ4v) is 5.09. The maximum atomic E-state index is 14.4. The highest BCUT2D eigenvalue weighted by atomic mass is 19.4. The number of likely N-dealkylation sites (tertiary alicyclic amines) is 1. The van der Waals surface area contributed by atoms with Crippen LogP contribution in [0.15, 0.2) is 30.3 Å². The molecule has 1 saturated heterocycles. The lowest BCUT2D eigenvalue weighted by atomic mass is 9.79. The van der Waals surface area contributed by atoms with Gasteiger partial charge in [-0.1, -0.05) is 0 Å². The van der Waals surface area contributed by atoms with Gasteiger partial charge < -0.3 is 14.2 Å². The van der Waals surface area contributed by atoms with E-state index in [4.69, 9.17) is 4.74 Å². The number of amides is 1. The molecular formula is C24H31F4N3O2. The highest BCUT2D eigenvalue weighted by Crippen LogP contribution is 2.43. The smallest absolute Gasteiger partial charge is 0.431 e. The molecule has 1 fully saturated rings. The normalized spacial score (nSPS) is 19.6. The topological polar surface area (TPSA) is 46.5 Å². The van der Waals surface area contributed by atoms with Crippen LogP contribution in [0.3, 0.4) is 0 Å². The molecule has 33 heavy (non-hydrogen) atoms. The molecule has 2 aliphatic rings. The number of ether oxygens (including phenoxy) is 1. The highest BCUT2D eigenvalue weighted by Gasteiger charge is 2.48. The van der Waals surface area contributed by atoms with Crippen LogP contribution in [0.5, 0.6) is 5.75 Å². The molecule has 0 bridgehead atoms. The molecule has 0 unspecified atom stereocenters. The van der Waals surface area contributed by atoms with Crippen LogP contribution < -0.4 is 10.1 Å². The first-order chi connectivity index (χ1) is 15.3. The Bertz CT molecular complexity index is 1060. The van der Waals surface area contributed by atoms with Crippen molar-refractivity contribution in [2.45, 2.75) is 70.4 Å². The van der Waals surface area contributed by atoms with E-state index in [1.54, 1.807) is 24.8 Å². The van der Waals surface area contributed by atoms with E-state index in [0.717, 1.165) is 6.07 Å². The average Bonchev–Trinajstić information content (AvgIpc) is 3.13. The van der Waals surface area contributed by atoms with Gasteiger partial charge in [-0.05, 0) is 70.9 Å². The maximum Gasteiger partial charge on any atom is 0.431 e. The third-order valence-electron chi connectivity index (χ3n) is 6.34. The first-order valence-electron chi connectivity index (χ1n) is 11.1. The van der Waals surface area contributed by atoms with Crippen LogP contribution in [0.1, 0.15) is 63.7 Å². The lowest BCUT2D eigenvalue weighted by Crippen LogP contribution is -2.63. The number of rotatable bonds is 3. The highest BCUT2D eigenvalue weighted by molar-refractivity contribution is 5.94. The Morgan fingerprint density at radius 2 is 1.82 bits per heavy atom. The predicted octanol–water partition coefficient (Wildman–Crippen LogP) is 5.19. The van der Waals surface area contributed by atoms with Gasteiger partial charge in [0.1, 0.15) is 5.69 Å². The van der Waals surface area contributed by atoms with Crippen LogP contribution in [-0.4, -0.2) is 40.1 Å². The van der Waals surface area contributed by atoms with Gasteiger partial charge in [-0.25, -0.2) is 4.39 Å². The molecule has 1 spiro atoms. The van der Waals surface area contributed by atoms with Gasteiger partial charge in [0.05, 0.1) is 11.6 Å². The van der Waals surface area contributed by atoms with E-state index in [0.29, 0.717) is 31.6 Å². The number of benzene rings is 1. The zero-order valence-electron chi connectivity index (χ0n) is 19.2. The van der Waals surface area contributed by atoms with E-state index in [1.165, 1.54) is 22.8 Å². The maximum absolute atomic E-state index is 14.4.